The molecule has 3 rings (SSSR count). The number of carbonyl (C=O) groups is 1. The van der Waals surface area contributed by atoms with Crippen LogP contribution in [0.2, 0.25) is 5.15 Å². The summed E-state index contributed by atoms with van der Waals surface area (Å²) in [7, 11) is 0. The van der Waals surface area contributed by atoms with E-state index in [2.05, 4.69) is 16.3 Å². The van der Waals surface area contributed by atoms with Gasteiger partial charge in [0.2, 0.25) is 0 Å². The van der Waals surface area contributed by atoms with Gasteiger partial charge in [-0.2, -0.15) is 0 Å². The number of carbonyl (C=O) groups excluding carboxylic acids is 1. The standard InChI is InChI=1S/C17H17ClN2O3/c1-10(2)22-17(21)14-9-15(18)19-20-16(14)23-13-5-3-4-12(8-13)11-6-7-11/h3-5,8-11H,6-7H2,1-2H3. The third-order valence-electron chi connectivity index (χ3n) is 3.41. The fraction of sp³-hybridized carbons (Fsp3) is 0.353. The lowest BCUT2D eigenvalue weighted by Gasteiger charge is -2.12. The first kappa shape index (κ1) is 15.7. The van der Waals surface area contributed by atoms with E-state index >= 15 is 0 Å². The molecule has 120 valence electrons. The van der Waals surface area contributed by atoms with Crippen LogP contribution in [0.3, 0.4) is 0 Å². The second kappa shape index (κ2) is 6.54. The zero-order valence-electron chi connectivity index (χ0n) is 13.0. The van der Waals surface area contributed by atoms with Crippen LogP contribution in [0.1, 0.15) is 48.5 Å². The SMILES string of the molecule is CC(C)OC(=O)c1cc(Cl)nnc1Oc1cccc(C2CC2)c1. The molecule has 0 radical (unpaired) electrons. The van der Waals surface area contributed by atoms with Gasteiger partial charge in [-0.3, -0.25) is 0 Å². The molecule has 1 saturated carbocycles. The molecule has 1 aliphatic carbocycles. The Labute approximate surface area is 139 Å². The predicted molar refractivity (Wildman–Crippen MR) is 86.1 cm³/mol. The Balaban J connectivity index is 1.87. The molecule has 0 aliphatic heterocycles. The lowest BCUT2D eigenvalue weighted by Crippen LogP contribution is -2.13. The molecule has 1 heterocycles. The minimum atomic E-state index is -0.537. The summed E-state index contributed by atoms with van der Waals surface area (Å²) < 4.78 is 10.9. The van der Waals surface area contributed by atoms with Crippen LogP contribution in [0.15, 0.2) is 30.3 Å². The minimum Gasteiger partial charge on any atom is -0.459 e. The Kier molecular flexibility index (Phi) is 4.48. The highest BCUT2D eigenvalue weighted by atomic mass is 35.5. The molecule has 6 heteroatoms. The maximum absolute atomic E-state index is 12.2. The van der Waals surface area contributed by atoms with Crippen molar-refractivity contribution in [3.8, 4) is 11.6 Å². The first-order chi connectivity index (χ1) is 11.0. The molecule has 0 saturated heterocycles. The molecule has 0 amide bonds. The van der Waals surface area contributed by atoms with Crippen molar-refractivity contribution in [1.29, 1.82) is 0 Å². The second-order valence-corrected chi connectivity index (χ2v) is 6.18. The van der Waals surface area contributed by atoms with Crippen molar-refractivity contribution in [2.75, 3.05) is 0 Å². The van der Waals surface area contributed by atoms with Crippen molar-refractivity contribution < 1.29 is 14.3 Å². The number of hydrogen-bond acceptors (Lipinski definition) is 5. The largest absolute Gasteiger partial charge is 0.459 e. The Bertz CT molecular complexity index is 730. The predicted octanol–water partition coefficient (Wildman–Crippen LogP) is 4.36. The van der Waals surface area contributed by atoms with Crippen molar-refractivity contribution in [3.63, 3.8) is 0 Å². The summed E-state index contributed by atoms with van der Waals surface area (Å²) in [4.78, 5) is 12.2. The molecular formula is C17H17ClN2O3. The van der Waals surface area contributed by atoms with Gasteiger partial charge in [-0.25, -0.2) is 4.79 Å². The minimum absolute atomic E-state index is 0.0907. The number of aromatic nitrogens is 2. The number of benzene rings is 1. The summed E-state index contributed by atoms with van der Waals surface area (Å²) in [6.07, 6.45) is 2.16. The second-order valence-electron chi connectivity index (χ2n) is 5.79. The van der Waals surface area contributed by atoms with Gasteiger partial charge in [-0.05, 0) is 56.4 Å². The van der Waals surface area contributed by atoms with Gasteiger partial charge < -0.3 is 9.47 Å². The van der Waals surface area contributed by atoms with Crippen LogP contribution in [0.25, 0.3) is 0 Å². The van der Waals surface area contributed by atoms with E-state index in [-0.39, 0.29) is 22.7 Å². The number of rotatable bonds is 5. The number of halogens is 1. The Morgan fingerprint density at radius 3 is 2.74 bits per heavy atom. The Hall–Kier alpha value is -2.14. The molecule has 1 aromatic carbocycles. The molecular weight excluding hydrogens is 316 g/mol. The molecule has 1 aliphatic rings. The molecule has 2 aromatic rings. The van der Waals surface area contributed by atoms with Crippen molar-refractivity contribution >= 4 is 17.6 Å². The fourth-order valence-electron chi connectivity index (χ4n) is 2.22. The molecule has 1 fully saturated rings. The van der Waals surface area contributed by atoms with Gasteiger partial charge in [-0.15, -0.1) is 10.2 Å². The van der Waals surface area contributed by atoms with E-state index in [4.69, 9.17) is 21.1 Å². The summed E-state index contributed by atoms with van der Waals surface area (Å²) >= 11 is 5.84. The molecule has 5 nitrogen and oxygen atoms in total. The lowest BCUT2D eigenvalue weighted by atomic mass is 10.1. The van der Waals surface area contributed by atoms with Crippen LogP contribution in [-0.4, -0.2) is 22.3 Å². The van der Waals surface area contributed by atoms with E-state index in [0.717, 1.165) is 0 Å². The van der Waals surface area contributed by atoms with Crippen molar-refractivity contribution in [1.82, 2.24) is 10.2 Å². The van der Waals surface area contributed by atoms with Crippen LogP contribution >= 0.6 is 11.6 Å². The number of ether oxygens (including phenoxy) is 2. The van der Waals surface area contributed by atoms with Gasteiger partial charge in [0.25, 0.3) is 5.88 Å². The molecule has 0 spiro atoms. The lowest BCUT2D eigenvalue weighted by molar-refractivity contribution is 0.0374. The van der Waals surface area contributed by atoms with Gasteiger partial charge in [0.1, 0.15) is 11.3 Å². The maximum atomic E-state index is 12.2. The van der Waals surface area contributed by atoms with Crippen LogP contribution in [-0.2, 0) is 4.74 Å². The molecule has 0 atom stereocenters. The van der Waals surface area contributed by atoms with Crippen LogP contribution in [0.4, 0.5) is 0 Å². The van der Waals surface area contributed by atoms with Gasteiger partial charge in [0.15, 0.2) is 5.15 Å². The van der Waals surface area contributed by atoms with Crippen LogP contribution < -0.4 is 4.74 Å². The highest BCUT2D eigenvalue weighted by Gasteiger charge is 2.24. The summed E-state index contributed by atoms with van der Waals surface area (Å²) in [5, 5.41) is 7.75. The van der Waals surface area contributed by atoms with Crippen LogP contribution in [0.5, 0.6) is 11.6 Å². The van der Waals surface area contributed by atoms with Crippen molar-refractivity contribution in [3.05, 3.63) is 46.6 Å². The van der Waals surface area contributed by atoms with E-state index in [0.29, 0.717) is 11.7 Å². The average Bonchev–Trinajstić information content (AvgIpc) is 3.33. The van der Waals surface area contributed by atoms with Crippen molar-refractivity contribution in [2.45, 2.75) is 38.7 Å². The third-order valence-corrected chi connectivity index (χ3v) is 3.60. The molecule has 23 heavy (non-hydrogen) atoms. The monoisotopic (exact) mass is 332 g/mol. The third kappa shape index (κ3) is 3.99. The maximum Gasteiger partial charge on any atom is 0.344 e. The first-order valence-corrected chi connectivity index (χ1v) is 7.92. The fourth-order valence-corrected chi connectivity index (χ4v) is 2.36. The molecule has 1 aromatic heterocycles. The quantitative estimate of drug-likeness (QED) is 0.761. The van der Waals surface area contributed by atoms with Gasteiger partial charge in [0.05, 0.1) is 6.10 Å². The first-order valence-electron chi connectivity index (χ1n) is 7.55. The zero-order valence-corrected chi connectivity index (χ0v) is 13.7. The topological polar surface area (TPSA) is 61.3 Å². The van der Waals surface area contributed by atoms with E-state index in [1.54, 1.807) is 13.8 Å². The Morgan fingerprint density at radius 2 is 2.04 bits per heavy atom. The van der Waals surface area contributed by atoms with E-state index in [1.165, 1.54) is 24.5 Å². The van der Waals surface area contributed by atoms with Crippen molar-refractivity contribution in [2.24, 2.45) is 0 Å². The number of esters is 1. The number of hydrogen-bond donors (Lipinski definition) is 0. The molecule has 0 N–H and O–H groups in total. The van der Waals surface area contributed by atoms with Gasteiger partial charge >= 0.3 is 5.97 Å². The van der Waals surface area contributed by atoms with Gasteiger partial charge in [0, 0.05) is 0 Å². The zero-order chi connectivity index (χ0) is 16.4. The van der Waals surface area contributed by atoms with E-state index in [1.807, 2.05) is 18.2 Å². The highest BCUT2D eigenvalue weighted by Crippen LogP contribution is 2.41. The van der Waals surface area contributed by atoms with E-state index in [9.17, 15) is 4.79 Å². The van der Waals surface area contributed by atoms with Crippen LogP contribution in [0, 0.1) is 0 Å². The molecule has 0 bridgehead atoms. The summed E-state index contributed by atoms with van der Waals surface area (Å²) in [5.74, 6) is 0.781. The summed E-state index contributed by atoms with van der Waals surface area (Å²) in [6.45, 7) is 3.54. The average molecular weight is 333 g/mol. The van der Waals surface area contributed by atoms with Gasteiger partial charge in [-0.1, -0.05) is 23.7 Å². The van der Waals surface area contributed by atoms with E-state index < -0.39 is 5.97 Å². The normalized spacial score (nSPS) is 13.9. The summed E-state index contributed by atoms with van der Waals surface area (Å²) in [5.41, 5.74) is 1.39. The highest BCUT2D eigenvalue weighted by molar-refractivity contribution is 6.29. The Morgan fingerprint density at radius 1 is 1.26 bits per heavy atom. The summed E-state index contributed by atoms with van der Waals surface area (Å²) in [6, 6.07) is 9.19. The molecule has 0 unspecified atom stereocenters. The number of nitrogens with zero attached hydrogens (tertiary/aromatic N) is 2. The smallest absolute Gasteiger partial charge is 0.344 e.